The van der Waals surface area contributed by atoms with Gasteiger partial charge in [-0.05, 0) is 12.8 Å². The van der Waals surface area contributed by atoms with Crippen molar-refractivity contribution in [2.75, 3.05) is 0 Å². The second-order valence-corrected chi connectivity index (χ2v) is 3.95. The first-order valence-electron chi connectivity index (χ1n) is 5.53. The first-order valence-corrected chi connectivity index (χ1v) is 5.53. The van der Waals surface area contributed by atoms with E-state index in [9.17, 15) is 19.2 Å². The summed E-state index contributed by atoms with van der Waals surface area (Å²) in [5.74, 6) is -3.85. The van der Waals surface area contributed by atoms with Gasteiger partial charge in [0.05, 0.1) is 0 Å². The molecule has 11 heteroatoms. The third kappa shape index (κ3) is 12.0. The van der Waals surface area contributed by atoms with Crippen LogP contribution in [-0.2, 0) is 19.2 Å². The lowest BCUT2D eigenvalue weighted by Crippen LogP contribution is -2.42. The Bertz CT molecular complexity index is 380. The summed E-state index contributed by atoms with van der Waals surface area (Å²) in [6.07, 6.45) is -0.621. The molecular formula is C10H21N3O6S2. The Morgan fingerprint density at radius 3 is 1.86 bits per heavy atom. The monoisotopic (exact) mass is 343 g/mol. The fraction of sp³-hybridized carbons (Fsp3) is 0.600. The maximum absolute atomic E-state index is 11.4. The Morgan fingerprint density at radius 2 is 1.48 bits per heavy atom. The largest absolute Gasteiger partial charge is 0.480 e. The Balaban J connectivity index is -0.00000162. The number of hydrogen-bond acceptors (Lipinski definition) is 5. The Morgan fingerprint density at radius 1 is 0.952 bits per heavy atom. The molecule has 0 aliphatic rings. The van der Waals surface area contributed by atoms with Crippen molar-refractivity contribution in [3.05, 3.63) is 0 Å². The van der Waals surface area contributed by atoms with E-state index in [1.807, 2.05) is 0 Å². The van der Waals surface area contributed by atoms with Gasteiger partial charge in [-0.2, -0.15) is 27.0 Å². The van der Waals surface area contributed by atoms with E-state index in [-0.39, 0.29) is 52.7 Å². The molecular weight excluding hydrogens is 322 g/mol. The third-order valence-corrected chi connectivity index (χ3v) is 2.31. The van der Waals surface area contributed by atoms with Crippen molar-refractivity contribution in [3.63, 3.8) is 0 Å². The average Bonchev–Trinajstić information content (AvgIpc) is 2.30. The molecule has 0 aromatic carbocycles. The molecule has 0 heterocycles. The summed E-state index contributed by atoms with van der Waals surface area (Å²) in [5, 5.41) is 19.5. The van der Waals surface area contributed by atoms with Crippen molar-refractivity contribution >= 4 is 50.7 Å². The smallest absolute Gasteiger partial charge is 0.326 e. The van der Waals surface area contributed by atoms with Gasteiger partial charge >= 0.3 is 11.9 Å². The summed E-state index contributed by atoms with van der Waals surface area (Å²) in [5.41, 5.74) is 10.1. The summed E-state index contributed by atoms with van der Waals surface area (Å²) >= 11 is 0. The molecule has 21 heavy (non-hydrogen) atoms. The van der Waals surface area contributed by atoms with Crippen molar-refractivity contribution in [1.82, 2.24) is 5.32 Å². The lowest BCUT2D eigenvalue weighted by molar-refractivity contribution is -0.142. The zero-order valence-corrected chi connectivity index (χ0v) is 13.2. The molecule has 124 valence electrons. The van der Waals surface area contributed by atoms with Crippen LogP contribution in [0.4, 0.5) is 0 Å². The zero-order valence-electron chi connectivity index (χ0n) is 11.2. The fourth-order valence-corrected chi connectivity index (χ4v) is 1.22. The van der Waals surface area contributed by atoms with Crippen LogP contribution < -0.4 is 16.8 Å². The van der Waals surface area contributed by atoms with E-state index in [0.29, 0.717) is 0 Å². The molecule has 0 saturated carbocycles. The molecule has 0 radical (unpaired) electrons. The summed E-state index contributed by atoms with van der Waals surface area (Å²) < 4.78 is 0. The first-order chi connectivity index (χ1) is 8.73. The molecule has 7 N–H and O–H groups in total. The first kappa shape index (κ1) is 24.6. The summed E-state index contributed by atoms with van der Waals surface area (Å²) in [6.45, 7) is 0. The van der Waals surface area contributed by atoms with Crippen LogP contribution in [0.25, 0.3) is 0 Å². The second-order valence-electron chi connectivity index (χ2n) is 3.95. The van der Waals surface area contributed by atoms with Gasteiger partial charge in [0.25, 0.3) is 0 Å². The maximum Gasteiger partial charge on any atom is 0.326 e. The van der Waals surface area contributed by atoms with Crippen LogP contribution in [0.1, 0.15) is 25.7 Å². The molecule has 0 unspecified atom stereocenters. The number of nitrogens with one attached hydrogen (secondary N) is 1. The van der Waals surface area contributed by atoms with E-state index in [1.165, 1.54) is 0 Å². The quantitative estimate of drug-likeness (QED) is 0.329. The van der Waals surface area contributed by atoms with E-state index in [0.717, 1.165) is 0 Å². The minimum atomic E-state index is -1.29. The van der Waals surface area contributed by atoms with Crippen LogP contribution >= 0.6 is 27.0 Å². The molecule has 0 rings (SSSR count). The Labute approximate surface area is 135 Å². The maximum atomic E-state index is 11.4. The Hall–Kier alpha value is -1.46. The van der Waals surface area contributed by atoms with Gasteiger partial charge < -0.3 is 27.0 Å². The van der Waals surface area contributed by atoms with Crippen LogP contribution in [0.15, 0.2) is 0 Å². The normalized spacial score (nSPS) is 12.0. The zero-order chi connectivity index (χ0) is 15.0. The lowest BCUT2D eigenvalue weighted by Gasteiger charge is -2.14. The van der Waals surface area contributed by atoms with Gasteiger partial charge in [0.15, 0.2) is 0 Å². The Kier molecular flexibility index (Phi) is 14.4. The standard InChI is InChI=1S/C10H17N3O6.2H2S/c11-5(9(16)17)1-4-8(15)13-6(10(18)19)2-3-7(12)14;;/h5-6H,1-4,11H2,(H2,12,14)(H,13,15)(H,16,17)(H,18,19);2*1H2/t5-,6-;;/m0../s1. The van der Waals surface area contributed by atoms with E-state index in [2.05, 4.69) is 5.32 Å². The van der Waals surface area contributed by atoms with Crippen molar-refractivity contribution in [2.24, 2.45) is 11.5 Å². The van der Waals surface area contributed by atoms with E-state index >= 15 is 0 Å². The molecule has 9 nitrogen and oxygen atoms in total. The average molecular weight is 343 g/mol. The number of amides is 2. The van der Waals surface area contributed by atoms with Crippen LogP contribution in [0.3, 0.4) is 0 Å². The van der Waals surface area contributed by atoms with Crippen LogP contribution in [0, 0.1) is 0 Å². The molecule has 0 bridgehead atoms. The van der Waals surface area contributed by atoms with Gasteiger partial charge in [-0.3, -0.25) is 14.4 Å². The fourth-order valence-electron chi connectivity index (χ4n) is 1.22. The molecule has 0 spiro atoms. The predicted octanol–water partition coefficient (Wildman–Crippen LogP) is -1.76. The van der Waals surface area contributed by atoms with Gasteiger partial charge in [0.2, 0.25) is 11.8 Å². The van der Waals surface area contributed by atoms with Crippen molar-refractivity contribution < 1.29 is 29.4 Å². The van der Waals surface area contributed by atoms with E-state index < -0.39 is 35.8 Å². The number of carboxylic acid groups (broad SMARTS) is 2. The van der Waals surface area contributed by atoms with Gasteiger partial charge in [-0.25, -0.2) is 4.79 Å². The molecule has 0 fully saturated rings. The minimum absolute atomic E-state index is 0. The number of carbonyl (C=O) groups is 4. The van der Waals surface area contributed by atoms with E-state index in [1.54, 1.807) is 0 Å². The van der Waals surface area contributed by atoms with Crippen LogP contribution in [-0.4, -0.2) is 46.0 Å². The SMILES string of the molecule is NC(=O)CC[C@H](NC(=O)CC[C@H](N)C(=O)O)C(=O)O.S.S. The lowest BCUT2D eigenvalue weighted by atomic mass is 10.1. The highest BCUT2D eigenvalue weighted by molar-refractivity contribution is 7.59. The third-order valence-electron chi connectivity index (χ3n) is 2.31. The molecule has 0 aromatic heterocycles. The molecule has 2 amide bonds. The number of carbonyl (C=O) groups excluding carboxylic acids is 2. The van der Waals surface area contributed by atoms with Crippen LogP contribution in [0.2, 0.25) is 0 Å². The van der Waals surface area contributed by atoms with Gasteiger partial charge in [0.1, 0.15) is 12.1 Å². The molecule has 2 atom stereocenters. The number of rotatable bonds is 9. The summed E-state index contributed by atoms with van der Waals surface area (Å²) in [4.78, 5) is 43.2. The number of primary amides is 1. The summed E-state index contributed by atoms with van der Waals surface area (Å²) in [6, 6.07) is -2.42. The molecule has 0 aliphatic heterocycles. The second kappa shape index (κ2) is 12.3. The highest BCUT2D eigenvalue weighted by Gasteiger charge is 2.21. The molecule has 0 aromatic rings. The number of nitrogens with two attached hydrogens (primary N) is 2. The van der Waals surface area contributed by atoms with Crippen LogP contribution in [0.5, 0.6) is 0 Å². The van der Waals surface area contributed by atoms with Gasteiger partial charge in [-0.15, -0.1) is 0 Å². The molecule has 0 saturated heterocycles. The van der Waals surface area contributed by atoms with Gasteiger partial charge in [0, 0.05) is 12.8 Å². The number of aliphatic carboxylic acids is 2. The van der Waals surface area contributed by atoms with Crippen molar-refractivity contribution in [3.8, 4) is 0 Å². The number of carboxylic acids is 2. The van der Waals surface area contributed by atoms with Gasteiger partial charge in [-0.1, -0.05) is 0 Å². The van der Waals surface area contributed by atoms with Crippen molar-refractivity contribution in [2.45, 2.75) is 37.8 Å². The minimum Gasteiger partial charge on any atom is -0.480 e. The van der Waals surface area contributed by atoms with Crippen molar-refractivity contribution in [1.29, 1.82) is 0 Å². The highest BCUT2D eigenvalue weighted by Crippen LogP contribution is 2.00. The molecule has 0 aliphatic carbocycles. The number of hydrogen-bond donors (Lipinski definition) is 5. The highest BCUT2D eigenvalue weighted by atomic mass is 32.1. The topological polar surface area (TPSA) is 173 Å². The van der Waals surface area contributed by atoms with E-state index in [4.69, 9.17) is 21.7 Å². The summed E-state index contributed by atoms with van der Waals surface area (Å²) in [7, 11) is 0. The predicted molar refractivity (Wildman–Crippen MR) is 83.6 cm³/mol.